The molecule has 0 amide bonds. The highest BCUT2D eigenvalue weighted by atomic mass is 32.2. The molecule has 0 aliphatic carbocycles. The highest BCUT2D eigenvalue weighted by Gasteiger charge is 2.25. The summed E-state index contributed by atoms with van der Waals surface area (Å²) in [6, 6.07) is 17.4. The lowest BCUT2D eigenvalue weighted by molar-refractivity contribution is 0.340. The molecular weight excluding hydrogens is 372 g/mol. The van der Waals surface area contributed by atoms with Crippen LogP contribution in [0, 0.1) is 11.8 Å². The molecule has 146 valence electrons. The highest BCUT2D eigenvalue weighted by molar-refractivity contribution is 7.92. The second kappa shape index (κ2) is 9.45. The monoisotopic (exact) mass is 396 g/mol. The molecular formula is C22H24N2O3S. The summed E-state index contributed by atoms with van der Waals surface area (Å²) in [6.45, 7) is 4.79. The maximum atomic E-state index is 12.5. The van der Waals surface area contributed by atoms with E-state index in [9.17, 15) is 8.42 Å². The third-order valence-electron chi connectivity index (χ3n) is 4.43. The van der Waals surface area contributed by atoms with E-state index in [-0.39, 0.29) is 0 Å². The average molecular weight is 397 g/mol. The number of hydrogen-bond acceptors (Lipinski definition) is 4. The smallest absolute Gasteiger partial charge is 0.236 e. The molecule has 0 spiro atoms. The Morgan fingerprint density at radius 1 is 1.00 bits per heavy atom. The average Bonchev–Trinajstić information content (AvgIpc) is 2.73. The van der Waals surface area contributed by atoms with Crippen LogP contribution in [0.15, 0.2) is 66.1 Å². The van der Waals surface area contributed by atoms with Crippen molar-refractivity contribution < 1.29 is 13.2 Å². The quantitative estimate of drug-likeness (QED) is 0.729. The zero-order chi connectivity index (χ0) is 19.8. The molecule has 2 aromatic carbocycles. The van der Waals surface area contributed by atoms with Crippen molar-refractivity contribution in [1.82, 2.24) is 4.31 Å². The Morgan fingerprint density at radius 2 is 1.68 bits per heavy atom. The molecule has 5 nitrogen and oxygen atoms in total. The van der Waals surface area contributed by atoms with Crippen LogP contribution in [0.1, 0.15) is 12.5 Å². The van der Waals surface area contributed by atoms with E-state index < -0.39 is 10.0 Å². The number of benzene rings is 2. The van der Waals surface area contributed by atoms with Crippen LogP contribution in [-0.2, 0) is 10.0 Å². The van der Waals surface area contributed by atoms with Crippen molar-refractivity contribution in [3.63, 3.8) is 0 Å². The van der Waals surface area contributed by atoms with Crippen LogP contribution in [-0.4, -0.2) is 45.5 Å². The highest BCUT2D eigenvalue weighted by Crippen LogP contribution is 2.21. The van der Waals surface area contributed by atoms with E-state index in [2.05, 4.69) is 16.7 Å². The minimum absolute atomic E-state index is 0.450. The summed E-state index contributed by atoms with van der Waals surface area (Å²) in [6.07, 6.45) is 1.40. The molecule has 0 N–H and O–H groups in total. The van der Waals surface area contributed by atoms with Crippen LogP contribution in [0.2, 0.25) is 0 Å². The molecule has 1 fully saturated rings. The molecule has 0 atom stereocenters. The van der Waals surface area contributed by atoms with Crippen molar-refractivity contribution >= 4 is 15.7 Å². The van der Waals surface area contributed by atoms with Gasteiger partial charge in [0, 0.05) is 43.5 Å². The van der Waals surface area contributed by atoms with Crippen molar-refractivity contribution in [2.75, 3.05) is 37.7 Å². The van der Waals surface area contributed by atoms with Gasteiger partial charge in [0.05, 0.1) is 12.0 Å². The lowest BCUT2D eigenvalue weighted by Gasteiger charge is -2.34. The van der Waals surface area contributed by atoms with Gasteiger partial charge in [-0.3, -0.25) is 0 Å². The molecule has 1 heterocycles. The number of nitrogens with zero attached hydrogens (tertiary/aromatic N) is 2. The summed E-state index contributed by atoms with van der Waals surface area (Å²) >= 11 is 0. The molecule has 3 rings (SSSR count). The molecule has 0 aromatic heterocycles. The normalized spacial score (nSPS) is 15.2. The first-order valence-electron chi connectivity index (χ1n) is 9.29. The van der Waals surface area contributed by atoms with Gasteiger partial charge in [-0.2, -0.15) is 4.31 Å². The summed E-state index contributed by atoms with van der Waals surface area (Å²) in [5, 5.41) is 1.19. The van der Waals surface area contributed by atoms with Gasteiger partial charge >= 0.3 is 0 Å². The van der Waals surface area contributed by atoms with Crippen molar-refractivity contribution in [1.29, 1.82) is 0 Å². The number of sulfonamides is 1. The molecule has 0 unspecified atom stereocenters. The van der Waals surface area contributed by atoms with Gasteiger partial charge in [-0.1, -0.05) is 30.0 Å². The van der Waals surface area contributed by atoms with Crippen LogP contribution < -0.4 is 9.64 Å². The first kappa shape index (κ1) is 20.0. The Morgan fingerprint density at radius 3 is 2.32 bits per heavy atom. The molecule has 2 aromatic rings. The maximum Gasteiger partial charge on any atom is 0.236 e. The van der Waals surface area contributed by atoms with Gasteiger partial charge in [0.1, 0.15) is 5.75 Å². The number of rotatable bonds is 5. The molecule has 28 heavy (non-hydrogen) atoms. The molecule has 1 aliphatic heterocycles. The van der Waals surface area contributed by atoms with Gasteiger partial charge in [-0.25, -0.2) is 8.42 Å². The molecule has 1 aliphatic rings. The fourth-order valence-corrected chi connectivity index (χ4v) is 4.06. The first-order valence-corrected chi connectivity index (χ1v) is 10.8. The van der Waals surface area contributed by atoms with E-state index >= 15 is 0 Å². The Bertz CT molecular complexity index is 950. The minimum atomic E-state index is -3.45. The van der Waals surface area contributed by atoms with Crippen LogP contribution >= 0.6 is 0 Å². The van der Waals surface area contributed by atoms with Crippen LogP contribution in [0.3, 0.4) is 0 Å². The zero-order valence-electron chi connectivity index (χ0n) is 15.9. The number of anilines is 1. The van der Waals surface area contributed by atoms with E-state index in [1.165, 1.54) is 15.8 Å². The molecule has 1 saturated heterocycles. The van der Waals surface area contributed by atoms with E-state index in [4.69, 9.17) is 4.74 Å². The number of allylic oxidation sites excluding steroid dienone is 1. The lowest BCUT2D eigenvalue weighted by atomic mass is 10.2. The van der Waals surface area contributed by atoms with Gasteiger partial charge in [0.25, 0.3) is 0 Å². The summed E-state index contributed by atoms with van der Waals surface area (Å²) in [7, 11) is -3.45. The molecule has 0 bridgehead atoms. The number of hydrogen-bond donors (Lipinski definition) is 0. The van der Waals surface area contributed by atoms with E-state index in [1.54, 1.807) is 0 Å². The third kappa shape index (κ3) is 5.38. The largest absolute Gasteiger partial charge is 0.494 e. The first-order chi connectivity index (χ1) is 13.6. The standard InChI is InChI=1S/C22H24N2O3S/c1-2-27-22-13-11-21(12-14-22)23-15-17-24(18-16-23)28(25,26)19-7-6-10-20-8-4-3-5-9-20/h3-5,7-9,11-14,19H,2,15-18H2,1H3. The number of ether oxygens (including phenoxy) is 1. The van der Waals surface area contributed by atoms with Gasteiger partial charge in [-0.05, 0) is 43.3 Å². The van der Waals surface area contributed by atoms with Gasteiger partial charge in [0.2, 0.25) is 10.0 Å². The van der Waals surface area contributed by atoms with E-state index in [0.717, 1.165) is 17.0 Å². The van der Waals surface area contributed by atoms with Crippen LogP contribution in [0.5, 0.6) is 5.75 Å². The second-order valence-electron chi connectivity index (χ2n) is 6.30. The van der Waals surface area contributed by atoms with Crippen molar-refractivity contribution in [2.45, 2.75) is 6.92 Å². The summed E-state index contributed by atoms with van der Waals surface area (Å²) < 4.78 is 31.9. The SMILES string of the molecule is CCOc1ccc(N2CCN(S(=O)(=O)C=CC#Cc3ccccc3)CC2)cc1. The van der Waals surface area contributed by atoms with Crippen LogP contribution in [0.25, 0.3) is 0 Å². The van der Waals surface area contributed by atoms with Crippen LogP contribution in [0.4, 0.5) is 5.69 Å². The predicted octanol–water partition coefficient (Wildman–Crippen LogP) is 3.10. The minimum Gasteiger partial charge on any atom is -0.494 e. The lowest BCUT2D eigenvalue weighted by Crippen LogP contribution is -2.48. The van der Waals surface area contributed by atoms with E-state index in [0.29, 0.717) is 32.8 Å². The topological polar surface area (TPSA) is 49.9 Å². The Balaban J connectivity index is 1.56. The van der Waals surface area contributed by atoms with Gasteiger partial charge < -0.3 is 9.64 Å². The third-order valence-corrected chi connectivity index (χ3v) is 5.99. The van der Waals surface area contributed by atoms with E-state index in [1.807, 2.05) is 61.5 Å². The second-order valence-corrected chi connectivity index (χ2v) is 8.11. The zero-order valence-corrected chi connectivity index (χ0v) is 16.7. The fourth-order valence-electron chi connectivity index (χ4n) is 2.97. The van der Waals surface area contributed by atoms with Gasteiger partial charge in [0.15, 0.2) is 0 Å². The summed E-state index contributed by atoms with van der Waals surface area (Å²) in [5.41, 5.74) is 1.93. The summed E-state index contributed by atoms with van der Waals surface area (Å²) in [5.74, 6) is 6.55. The maximum absolute atomic E-state index is 12.5. The number of piperazine rings is 1. The summed E-state index contributed by atoms with van der Waals surface area (Å²) in [4.78, 5) is 2.18. The van der Waals surface area contributed by atoms with Gasteiger partial charge in [-0.15, -0.1) is 0 Å². The van der Waals surface area contributed by atoms with Crippen molar-refractivity contribution in [3.8, 4) is 17.6 Å². The van der Waals surface area contributed by atoms with Crippen molar-refractivity contribution in [3.05, 3.63) is 71.6 Å². The Hall–Kier alpha value is -2.75. The molecule has 6 heteroatoms. The Kier molecular flexibility index (Phi) is 6.75. The predicted molar refractivity (Wildman–Crippen MR) is 113 cm³/mol. The fraction of sp³-hybridized carbons (Fsp3) is 0.273. The molecule has 0 radical (unpaired) electrons. The molecule has 0 saturated carbocycles. The Labute approximate surface area is 167 Å². The van der Waals surface area contributed by atoms with Crippen molar-refractivity contribution in [2.24, 2.45) is 0 Å².